The molecule has 0 amide bonds. The molecule has 0 unspecified atom stereocenters. The van der Waals surface area contributed by atoms with E-state index in [4.69, 9.17) is 4.74 Å². The number of nitrogens with one attached hydrogen (secondary N) is 1. The van der Waals surface area contributed by atoms with Gasteiger partial charge in [-0.2, -0.15) is 0 Å². The number of ether oxygens (including phenoxy) is 1. The molecule has 2 heterocycles. The molecule has 7 heteroatoms. The smallest absolute Gasteiger partial charge is 0.240 e. The minimum atomic E-state index is -3.50. The molecule has 1 aromatic carbocycles. The van der Waals surface area contributed by atoms with Crippen LogP contribution in [0.5, 0.6) is 5.75 Å². The van der Waals surface area contributed by atoms with E-state index in [9.17, 15) is 8.42 Å². The second-order valence-electron chi connectivity index (χ2n) is 7.29. The zero-order valence-electron chi connectivity index (χ0n) is 16.6. The van der Waals surface area contributed by atoms with Crippen molar-refractivity contribution in [3.05, 3.63) is 53.9 Å². The first kappa shape index (κ1) is 20.8. The summed E-state index contributed by atoms with van der Waals surface area (Å²) in [6, 6.07) is 9.09. The number of pyridine rings is 1. The summed E-state index contributed by atoms with van der Waals surface area (Å²) < 4.78 is 33.5. The van der Waals surface area contributed by atoms with Crippen LogP contribution in [0.25, 0.3) is 0 Å². The van der Waals surface area contributed by atoms with Crippen LogP contribution in [0, 0.1) is 12.8 Å². The molecule has 1 fully saturated rings. The fourth-order valence-corrected chi connectivity index (χ4v) is 4.71. The highest BCUT2D eigenvalue weighted by atomic mass is 32.2. The molecule has 0 bridgehead atoms. The lowest BCUT2D eigenvalue weighted by Gasteiger charge is -2.32. The lowest BCUT2D eigenvalue weighted by molar-refractivity contribution is 0.178. The van der Waals surface area contributed by atoms with Crippen LogP contribution in [-0.4, -0.2) is 44.5 Å². The standard InChI is InChI=1S/C21H29N3O3S/c1-3-27-21-5-4-20(14-17(21)2)28(25,26)23-15-18-8-12-24(13-9-18)16-19-6-10-22-11-7-19/h4-7,10-11,14,18,23H,3,8-9,12-13,15-16H2,1-2H3. The Balaban J connectivity index is 1.49. The molecular formula is C21H29N3O3S. The summed E-state index contributed by atoms with van der Waals surface area (Å²) in [5.41, 5.74) is 2.09. The molecule has 0 spiro atoms. The average molecular weight is 404 g/mol. The highest BCUT2D eigenvalue weighted by molar-refractivity contribution is 7.89. The maximum Gasteiger partial charge on any atom is 0.240 e. The van der Waals surface area contributed by atoms with Crippen LogP contribution < -0.4 is 9.46 Å². The van der Waals surface area contributed by atoms with E-state index >= 15 is 0 Å². The number of likely N-dealkylation sites (tertiary alicyclic amines) is 1. The molecule has 0 atom stereocenters. The van der Waals surface area contributed by atoms with Gasteiger partial charge in [0.15, 0.2) is 0 Å². The summed E-state index contributed by atoms with van der Waals surface area (Å²) in [6.45, 7) is 7.71. The predicted molar refractivity (Wildman–Crippen MR) is 110 cm³/mol. The number of hydrogen-bond acceptors (Lipinski definition) is 5. The highest BCUT2D eigenvalue weighted by Gasteiger charge is 2.22. The fourth-order valence-electron chi connectivity index (χ4n) is 3.51. The van der Waals surface area contributed by atoms with E-state index in [1.165, 1.54) is 5.56 Å². The Morgan fingerprint density at radius 2 is 1.89 bits per heavy atom. The van der Waals surface area contributed by atoms with E-state index in [2.05, 4.69) is 14.6 Å². The van der Waals surface area contributed by atoms with Crippen LogP contribution in [-0.2, 0) is 16.6 Å². The van der Waals surface area contributed by atoms with Crippen LogP contribution in [0.3, 0.4) is 0 Å². The van der Waals surface area contributed by atoms with Crippen LogP contribution in [0.15, 0.2) is 47.6 Å². The van der Waals surface area contributed by atoms with Crippen molar-refractivity contribution in [1.82, 2.24) is 14.6 Å². The second kappa shape index (κ2) is 9.49. The van der Waals surface area contributed by atoms with Crippen molar-refractivity contribution >= 4 is 10.0 Å². The number of benzene rings is 1. The van der Waals surface area contributed by atoms with Gasteiger partial charge in [0.1, 0.15) is 5.75 Å². The van der Waals surface area contributed by atoms with Gasteiger partial charge in [-0.1, -0.05) is 0 Å². The Kier molecular flexibility index (Phi) is 7.04. The molecule has 1 N–H and O–H groups in total. The van der Waals surface area contributed by atoms with Crippen LogP contribution >= 0.6 is 0 Å². The van der Waals surface area contributed by atoms with Crippen molar-refractivity contribution < 1.29 is 13.2 Å². The SMILES string of the molecule is CCOc1ccc(S(=O)(=O)NCC2CCN(Cc3ccncc3)CC2)cc1C. The lowest BCUT2D eigenvalue weighted by atomic mass is 9.97. The van der Waals surface area contributed by atoms with Gasteiger partial charge >= 0.3 is 0 Å². The van der Waals surface area contributed by atoms with Crippen molar-refractivity contribution in [2.75, 3.05) is 26.2 Å². The van der Waals surface area contributed by atoms with E-state index in [1.54, 1.807) is 18.2 Å². The molecule has 2 aromatic rings. The summed E-state index contributed by atoms with van der Waals surface area (Å²) in [5, 5.41) is 0. The molecule has 3 rings (SSSR count). The predicted octanol–water partition coefficient (Wildman–Crippen LogP) is 2.98. The molecule has 0 radical (unpaired) electrons. The van der Waals surface area contributed by atoms with Crippen molar-refractivity contribution in [3.63, 3.8) is 0 Å². The van der Waals surface area contributed by atoms with E-state index in [0.29, 0.717) is 24.0 Å². The summed E-state index contributed by atoms with van der Waals surface area (Å²) >= 11 is 0. The van der Waals surface area contributed by atoms with Crippen molar-refractivity contribution in [2.24, 2.45) is 5.92 Å². The van der Waals surface area contributed by atoms with Crippen LogP contribution in [0.1, 0.15) is 30.9 Å². The van der Waals surface area contributed by atoms with Crippen LogP contribution in [0.4, 0.5) is 0 Å². The molecule has 1 aromatic heterocycles. The number of aryl methyl sites for hydroxylation is 1. The summed E-state index contributed by atoms with van der Waals surface area (Å²) in [4.78, 5) is 6.76. The van der Waals surface area contributed by atoms with Gasteiger partial charge in [-0.05, 0) is 87.2 Å². The maximum absolute atomic E-state index is 12.6. The Morgan fingerprint density at radius 1 is 1.18 bits per heavy atom. The van der Waals surface area contributed by atoms with Gasteiger partial charge in [0.05, 0.1) is 11.5 Å². The summed E-state index contributed by atoms with van der Waals surface area (Å²) in [6.07, 6.45) is 5.63. The first-order valence-corrected chi connectivity index (χ1v) is 11.3. The number of nitrogens with zero attached hydrogens (tertiary/aromatic N) is 2. The molecule has 1 aliphatic heterocycles. The third-order valence-electron chi connectivity index (χ3n) is 5.18. The van der Waals surface area contributed by atoms with Gasteiger partial charge in [-0.3, -0.25) is 9.88 Å². The number of hydrogen-bond donors (Lipinski definition) is 1. The van der Waals surface area contributed by atoms with Crippen molar-refractivity contribution in [2.45, 2.75) is 38.1 Å². The highest BCUT2D eigenvalue weighted by Crippen LogP contribution is 2.23. The first-order chi connectivity index (χ1) is 13.5. The van der Waals surface area contributed by atoms with Crippen molar-refractivity contribution in [1.29, 1.82) is 0 Å². The van der Waals surface area contributed by atoms with E-state index in [-0.39, 0.29) is 0 Å². The molecule has 0 aliphatic carbocycles. The molecule has 1 aliphatic rings. The fraction of sp³-hybridized carbons (Fsp3) is 0.476. The average Bonchev–Trinajstić information content (AvgIpc) is 2.70. The van der Waals surface area contributed by atoms with E-state index in [0.717, 1.165) is 43.8 Å². The minimum Gasteiger partial charge on any atom is -0.494 e. The summed E-state index contributed by atoms with van der Waals surface area (Å²) in [7, 11) is -3.50. The minimum absolute atomic E-state index is 0.295. The van der Waals surface area contributed by atoms with Gasteiger partial charge in [0.25, 0.3) is 0 Å². The molecule has 1 saturated heterocycles. The first-order valence-electron chi connectivity index (χ1n) is 9.82. The van der Waals surface area contributed by atoms with Crippen molar-refractivity contribution in [3.8, 4) is 5.75 Å². The third-order valence-corrected chi connectivity index (χ3v) is 6.60. The maximum atomic E-state index is 12.6. The van der Waals surface area contributed by atoms with E-state index in [1.807, 2.05) is 38.4 Å². The largest absolute Gasteiger partial charge is 0.494 e. The third kappa shape index (κ3) is 5.53. The normalized spacial score (nSPS) is 16.2. The van der Waals surface area contributed by atoms with Gasteiger partial charge in [0, 0.05) is 25.5 Å². The van der Waals surface area contributed by atoms with Gasteiger partial charge in [0.2, 0.25) is 10.0 Å². The molecule has 0 saturated carbocycles. The summed E-state index contributed by atoms with van der Waals surface area (Å²) in [5.74, 6) is 1.09. The Morgan fingerprint density at radius 3 is 2.54 bits per heavy atom. The van der Waals surface area contributed by atoms with Crippen LogP contribution in [0.2, 0.25) is 0 Å². The topological polar surface area (TPSA) is 71.5 Å². The molecular weight excluding hydrogens is 374 g/mol. The van der Waals surface area contributed by atoms with E-state index < -0.39 is 10.0 Å². The number of piperidine rings is 1. The van der Waals surface area contributed by atoms with Gasteiger partial charge < -0.3 is 4.74 Å². The number of rotatable bonds is 8. The Labute approximate surface area is 168 Å². The zero-order chi connectivity index (χ0) is 20.0. The number of sulfonamides is 1. The molecule has 6 nitrogen and oxygen atoms in total. The molecule has 28 heavy (non-hydrogen) atoms. The Bertz CT molecular complexity index is 864. The van der Waals surface area contributed by atoms with Gasteiger partial charge in [-0.25, -0.2) is 13.1 Å². The lowest BCUT2D eigenvalue weighted by Crippen LogP contribution is -2.38. The zero-order valence-corrected chi connectivity index (χ0v) is 17.4. The van der Waals surface area contributed by atoms with Gasteiger partial charge in [-0.15, -0.1) is 0 Å². The molecule has 152 valence electrons. The second-order valence-corrected chi connectivity index (χ2v) is 9.05. The quantitative estimate of drug-likeness (QED) is 0.734. The number of aromatic nitrogens is 1. The Hall–Kier alpha value is -1.96. The monoisotopic (exact) mass is 403 g/mol.